The first-order valence-electron chi connectivity index (χ1n) is 9.80. The highest BCUT2D eigenvalue weighted by molar-refractivity contribution is 6.17. The third-order valence-electron chi connectivity index (χ3n) is 5.39. The number of unbranched alkanes of at least 4 members (excludes halogenated alkanes) is 1. The van der Waals surface area contributed by atoms with Crippen LogP contribution in [0.2, 0.25) is 0 Å². The Kier molecular flexibility index (Phi) is 5.24. The number of aromatic nitrogens is 1. The Labute approximate surface area is 171 Å². The molecule has 153 valence electrons. The lowest BCUT2D eigenvalue weighted by Gasteiger charge is -2.11. The van der Waals surface area contributed by atoms with Gasteiger partial charge >= 0.3 is 0 Å². The van der Waals surface area contributed by atoms with Crippen molar-refractivity contribution in [3.8, 4) is 0 Å². The van der Waals surface area contributed by atoms with Gasteiger partial charge in [-0.15, -0.1) is 0 Å². The summed E-state index contributed by atoms with van der Waals surface area (Å²) in [5, 5.41) is 1.20. The van der Waals surface area contributed by atoms with Crippen molar-refractivity contribution < 1.29 is 18.0 Å². The molecule has 4 rings (SSSR count). The van der Waals surface area contributed by atoms with Crippen LogP contribution in [0.3, 0.4) is 0 Å². The van der Waals surface area contributed by atoms with Crippen molar-refractivity contribution in [1.82, 2.24) is 4.57 Å². The van der Waals surface area contributed by atoms with Gasteiger partial charge in [-0.3, -0.25) is 4.79 Å². The van der Waals surface area contributed by atoms with Gasteiger partial charge in [-0.1, -0.05) is 25.5 Å². The molecular formula is C24H20F3N2O. The van der Waals surface area contributed by atoms with Crippen LogP contribution in [0.1, 0.15) is 41.3 Å². The zero-order chi connectivity index (χ0) is 21.4. The first-order chi connectivity index (χ1) is 14.4. The van der Waals surface area contributed by atoms with E-state index in [0.717, 1.165) is 37.0 Å². The number of halogens is 3. The van der Waals surface area contributed by atoms with E-state index >= 15 is 0 Å². The normalized spacial score (nSPS) is 11.5. The molecule has 30 heavy (non-hydrogen) atoms. The van der Waals surface area contributed by atoms with Crippen molar-refractivity contribution in [3.63, 3.8) is 0 Å². The van der Waals surface area contributed by atoms with E-state index in [1.165, 1.54) is 0 Å². The summed E-state index contributed by atoms with van der Waals surface area (Å²) >= 11 is 0. The van der Waals surface area contributed by atoms with E-state index < -0.39 is 23.4 Å². The molecule has 1 amide bonds. The lowest BCUT2D eigenvalue weighted by Crippen LogP contribution is -2.11. The van der Waals surface area contributed by atoms with Crippen LogP contribution in [-0.2, 0) is 13.0 Å². The van der Waals surface area contributed by atoms with Crippen molar-refractivity contribution in [2.24, 2.45) is 5.73 Å². The van der Waals surface area contributed by atoms with Gasteiger partial charge in [0.1, 0.15) is 5.82 Å². The van der Waals surface area contributed by atoms with Crippen molar-refractivity contribution in [2.75, 3.05) is 0 Å². The largest absolute Gasteiger partial charge is 0.366 e. The molecule has 2 N–H and O–H groups in total. The van der Waals surface area contributed by atoms with E-state index in [9.17, 15) is 18.0 Å². The average molecular weight is 409 g/mol. The Hall–Kier alpha value is -3.28. The van der Waals surface area contributed by atoms with Crippen LogP contribution >= 0.6 is 0 Å². The standard InChI is InChI=1S/C24H20F3N2O/c1-2-3-5-14-8-9-15-21(12-14)29(13-17-18(25)10-11-19(26)23(17)27)20-7-4-6-16(22(15)20)24(28)30/h4,6-8,10-12H,2-3,5,13H2,1H3,(H2,28,30). The van der Waals surface area contributed by atoms with Crippen molar-refractivity contribution >= 4 is 27.7 Å². The molecule has 6 heteroatoms. The number of primary amides is 1. The van der Waals surface area contributed by atoms with Crippen LogP contribution in [0, 0.1) is 23.5 Å². The van der Waals surface area contributed by atoms with E-state index in [1.807, 2.05) is 12.1 Å². The molecule has 0 bridgehead atoms. The minimum absolute atomic E-state index is 0.233. The molecule has 1 aromatic heterocycles. The second-order valence-electron chi connectivity index (χ2n) is 7.34. The maximum absolute atomic E-state index is 14.4. The van der Waals surface area contributed by atoms with Gasteiger partial charge in [0.15, 0.2) is 11.6 Å². The molecule has 0 atom stereocenters. The second-order valence-corrected chi connectivity index (χ2v) is 7.34. The van der Waals surface area contributed by atoms with E-state index in [0.29, 0.717) is 27.4 Å². The summed E-state index contributed by atoms with van der Waals surface area (Å²) in [6, 6.07) is 13.7. The van der Waals surface area contributed by atoms with E-state index in [4.69, 9.17) is 5.73 Å². The molecule has 3 nitrogen and oxygen atoms in total. The highest BCUT2D eigenvalue weighted by Gasteiger charge is 2.20. The molecule has 0 aliphatic carbocycles. The molecule has 4 aromatic rings. The summed E-state index contributed by atoms with van der Waals surface area (Å²) in [5.74, 6) is -3.77. The topological polar surface area (TPSA) is 48.0 Å². The SMILES string of the molecule is CCCCc1c[c]c2c3c(C(N)=O)cccc3n(Cc3c(F)ccc(F)c3F)c2c1. The molecular weight excluding hydrogens is 389 g/mol. The summed E-state index contributed by atoms with van der Waals surface area (Å²) in [7, 11) is 0. The smallest absolute Gasteiger partial charge is 0.249 e. The molecule has 0 saturated heterocycles. The first kappa shape index (κ1) is 20.0. The molecule has 0 spiro atoms. The number of benzene rings is 3. The predicted octanol–water partition coefficient (Wildman–Crippen LogP) is 5.50. The number of nitrogens with two attached hydrogens (primary N) is 1. The van der Waals surface area contributed by atoms with Crippen LogP contribution in [-0.4, -0.2) is 10.5 Å². The minimum atomic E-state index is -1.22. The van der Waals surface area contributed by atoms with Gasteiger partial charge in [-0.05, 0) is 54.8 Å². The number of amides is 1. The fraction of sp³-hybridized carbons (Fsp3) is 0.208. The first-order valence-corrected chi connectivity index (χ1v) is 9.80. The summed E-state index contributed by atoms with van der Waals surface area (Å²) < 4.78 is 44.2. The highest BCUT2D eigenvalue weighted by atomic mass is 19.2. The molecule has 3 aromatic carbocycles. The van der Waals surface area contributed by atoms with Crippen molar-refractivity contribution in [1.29, 1.82) is 0 Å². The monoisotopic (exact) mass is 409 g/mol. The summed E-state index contributed by atoms with van der Waals surface area (Å²) in [4.78, 5) is 12.0. The molecule has 1 heterocycles. The Morgan fingerprint density at radius 1 is 1.10 bits per heavy atom. The van der Waals surface area contributed by atoms with Crippen LogP contribution < -0.4 is 5.73 Å². The highest BCUT2D eigenvalue weighted by Crippen LogP contribution is 2.33. The van der Waals surface area contributed by atoms with E-state index in [2.05, 4.69) is 13.0 Å². The molecule has 0 aliphatic rings. The van der Waals surface area contributed by atoms with E-state index in [1.54, 1.807) is 22.8 Å². The predicted molar refractivity (Wildman–Crippen MR) is 111 cm³/mol. The lowest BCUT2D eigenvalue weighted by molar-refractivity contribution is 0.100. The molecule has 0 aliphatic heterocycles. The molecule has 0 unspecified atom stereocenters. The molecule has 1 radical (unpaired) electrons. The Morgan fingerprint density at radius 2 is 1.87 bits per heavy atom. The zero-order valence-corrected chi connectivity index (χ0v) is 16.4. The number of fused-ring (bicyclic) bond motifs is 3. The summed E-state index contributed by atoms with van der Waals surface area (Å²) in [6.07, 6.45) is 2.83. The third-order valence-corrected chi connectivity index (χ3v) is 5.39. The number of carbonyl (C=O) groups is 1. The fourth-order valence-electron chi connectivity index (χ4n) is 3.87. The van der Waals surface area contributed by atoms with Crippen molar-refractivity contribution in [3.05, 3.63) is 82.7 Å². The maximum Gasteiger partial charge on any atom is 0.249 e. The van der Waals surface area contributed by atoms with Gasteiger partial charge in [0.05, 0.1) is 17.6 Å². The zero-order valence-electron chi connectivity index (χ0n) is 16.4. The van der Waals surface area contributed by atoms with Gasteiger partial charge in [0.2, 0.25) is 5.91 Å². The maximum atomic E-state index is 14.4. The Bertz CT molecular complexity index is 1280. The van der Waals surface area contributed by atoms with E-state index in [-0.39, 0.29) is 12.1 Å². The van der Waals surface area contributed by atoms with Gasteiger partial charge in [-0.25, -0.2) is 13.2 Å². The average Bonchev–Trinajstić information content (AvgIpc) is 3.05. The number of nitrogens with zero attached hydrogens (tertiary/aromatic N) is 1. The fourth-order valence-corrected chi connectivity index (χ4v) is 3.87. The number of rotatable bonds is 6. The Morgan fingerprint density at radius 3 is 2.60 bits per heavy atom. The summed E-state index contributed by atoms with van der Waals surface area (Å²) in [6.45, 7) is 1.86. The van der Waals surface area contributed by atoms with Crippen LogP contribution in [0.5, 0.6) is 0 Å². The summed E-state index contributed by atoms with van der Waals surface area (Å²) in [5.41, 5.74) is 7.75. The number of aryl methyl sites for hydroxylation is 1. The van der Waals surface area contributed by atoms with Crippen LogP contribution in [0.25, 0.3) is 21.8 Å². The van der Waals surface area contributed by atoms with Gasteiger partial charge in [0, 0.05) is 21.9 Å². The quantitative estimate of drug-likeness (QED) is 0.420. The Balaban J connectivity index is 2.02. The van der Waals surface area contributed by atoms with Crippen LogP contribution in [0.4, 0.5) is 13.2 Å². The minimum Gasteiger partial charge on any atom is -0.366 e. The number of carbonyl (C=O) groups excluding carboxylic acids is 1. The molecule has 0 fully saturated rings. The van der Waals surface area contributed by atoms with Gasteiger partial charge in [-0.2, -0.15) is 0 Å². The third kappa shape index (κ3) is 3.32. The lowest BCUT2D eigenvalue weighted by atomic mass is 10.0. The number of hydrogen-bond acceptors (Lipinski definition) is 1. The van der Waals surface area contributed by atoms with Crippen molar-refractivity contribution in [2.45, 2.75) is 32.7 Å². The van der Waals surface area contributed by atoms with Crippen LogP contribution in [0.15, 0.2) is 42.5 Å². The molecule has 0 saturated carbocycles. The number of hydrogen-bond donors (Lipinski definition) is 1. The van der Waals surface area contributed by atoms with Gasteiger partial charge < -0.3 is 10.3 Å². The van der Waals surface area contributed by atoms with Gasteiger partial charge in [0.25, 0.3) is 0 Å². The second kappa shape index (κ2) is 7.86.